The smallest absolute Gasteiger partial charge is 0.228 e. The summed E-state index contributed by atoms with van der Waals surface area (Å²) in [6, 6.07) is 1.74. The third-order valence-electron chi connectivity index (χ3n) is 3.23. The van der Waals surface area contributed by atoms with E-state index < -0.39 is 0 Å². The normalized spacial score (nSPS) is 18.4. The first-order valence-electron chi connectivity index (χ1n) is 5.46. The molecule has 1 aromatic heterocycles. The fourth-order valence-electron chi connectivity index (χ4n) is 1.77. The van der Waals surface area contributed by atoms with E-state index in [0.29, 0.717) is 17.7 Å². The molecular formula is C11H18N4O. The predicted molar refractivity (Wildman–Crippen MR) is 62.6 cm³/mol. The van der Waals surface area contributed by atoms with Crippen molar-refractivity contribution in [3.63, 3.8) is 0 Å². The number of methoxy groups -OCH3 is 1. The molecule has 0 radical (unpaired) electrons. The lowest BCUT2D eigenvalue weighted by molar-refractivity contribution is 0.241. The molecule has 0 unspecified atom stereocenters. The molecule has 0 bridgehead atoms. The highest BCUT2D eigenvalue weighted by atomic mass is 16.5. The zero-order valence-corrected chi connectivity index (χ0v) is 9.97. The summed E-state index contributed by atoms with van der Waals surface area (Å²) in [5.41, 5.74) is 6.11. The first kappa shape index (κ1) is 11.1. The Morgan fingerprint density at radius 1 is 1.50 bits per heavy atom. The Kier molecular flexibility index (Phi) is 2.71. The van der Waals surface area contributed by atoms with Gasteiger partial charge in [0.05, 0.1) is 12.6 Å². The Labute approximate surface area is 95.6 Å². The van der Waals surface area contributed by atoms with Gasteiger partial charge in [-0.2, -0.15) is 4.98 Å². The Hall–Kier alpha value is -1.36. The maximum atomic E-state index is 6.22. The molecule has 0 aliphatic carbocycles. The standard InChI is InChI=1S/C11H18N4O/c1-8(2)11(12)6-15(7-11)10-13-5-4-9(14-10)16-3/h4-5,8H,6-7,12H2,1-3H3. The van der Waals surface area contributed by atoms with Gasteiger partial charge < -0.3 is 15.4 Å². The molecule has 1 saturated heterocycles. The maximum Gasteiger partial charge on any atom is 0.228 e. The molecule has 16 heavy (non-hydrogen) atoms. The van der Waals surface area contributed by atoms with Gasteiger partial charge in [0.25, 0.3) is 0 Å². The maximum absolute atomic E-state index is 6.22. The van der Waals surface area contributed by atoms with Gasteiger partial charge in [0, 0.05) is 25.4 Å². The number of anilines is 1. The molecule has 2 N–H and O–H groups in total. The highest BCUT2D eigenvalue weighted by Gasteiger charge is 2.43. The molecule has 1 aromatic rings. The van der Waals surface area contributed by atoms with Gasteiger partial charge >= 0.3 is 0 Å². The van der Waals surface area contributed by atoms with E-state index in [9.17, 15) is 0 Å². The molecule has 0 spiro atoms. The molecule has 1 aliphatic rings. The lowest BCUT2D eigenvalue weighted by Crippen LogP contribution is -2.70. The quantitative estimate of drug-likeness (QED) is 0.814. The van der Waals surface area contributed by atoms with Crippen molar-refractivity contribution in [3.05, 3.63) is 12.3 Å². The predicted octanol–water partition coefficient (Wildman–Crippen LogP) is 0.659. The van der Waals surface area contributed by atoms with Crippen LogP contribution in [0.1, 0.15) is 13.8 Å². The van der Waals surface area contributed by atoms with Crippen LogP contribution >= 0.6 is 0 Å². The van der Waals surface area contributed by atoms with E-state index >= 15 is 0 Å². The first-order valence-corrected chi connectivity index (χ1v) is 5.46. The lowest BCUT2D eigenvalue weighted by atomic mass is 9.80. The zero-order valence-electron chi connectivity index (χ0n) is 9.97. The topological polar surface area (TPSA) is 64.3 Å². The van der Waals surface area contributed by atoms with Crippen LogP contribution < -0.4 is 15.4 Å². The molecule has 2 rings (SSSR count). The molecule has 0 amide bonds. The summed E-state index contributed by atoms with van der Waals surface area (Å²) in [6.45, 7) is 5.89. The van der Waals surface area contributed by atoms with Crippen LogP contribution in [0, 0.1) is 5.92 Å². The van der Waals surface area contributed by atoms with Crippen LogP contribution in [-0.4, -0.2) is 35.7 Å². The average Bonchev–Trinajstić information content (AvgIpc) is 2.24. The third kappa shape index (κ3) is 1.82. The van der Waals surface area contributed by atoms with E-state index in [0.717, 1.165) is 13.1 Å². The highest BCUT2D eigenvalue weighted by Crippen LogP contribution is 2.29. The summed E-state index contributed by atoms with van der Waals surface area (Å²) in [5.74, 6) is 1.75. The molecular weight excluding hydrogens is 204 g/mol. The molecule has 5 nitrogen and oxygen atoms in total. The molecule has 1 fully saturated rings. The van der Waals surface area contributed by atoms with Crippen LogP contribution in [0.2, 0.25) is 0 Å². The van der Waals surface area contributed by atoms with Crippen LogP contribution in [0.15, 0.2) is 12.3 Å². The van der Waals surface area contributed by atoms with Crippen LogP contribution in [-0.2, 0) is 0 Å². The van der Waals surface area contributed by atoms with Gasteiger partial charge in [0.1, 0.15) is 0 Å². The highest BCUT2D eigenvalue weighted by molar-refractivity contribution is 5.39. The fourth-order valence-corrected chi connectivity index (χ4v) is 1.77. The number of hydrogen-bond donors (Lipinski definition) is 1. The third-order valence-corrected chi connectivity index (χ3v) is 3.23. The van der Waals surface area contributed by atoms with Gasteiger partial charge in [-0.15, -0.1) is 0 Å². The number of nitrogens with two attached hydrogens (primary N) is 1. The second kappa shape index (κ2) is 3.90. The minimum absolute atomic E-state index is 0.105. The van der Waals surface area contributed by atoms with Gasteiger partial charge in [0.15, 0.2) is 0 Å². The lowest BCUT2D eigenvalue weighted by Gasteiger charge is -2.50. The fraction of sp³-hybridized carbons (Fsp3) is 0.636. The Morgan fingerprint density at radius 2 is 2.19 bits per heavy atom. The van der Waals surface area contributed by atoms with Crippen molar-refractivity contribution < 1.29 is 4.74 Å². The average molecular weight is 222 g/mol. The molecule has 1 aliphatic heterocycles. The van der Waals surface area contributed by atoms with Crippen molar-refractivity contribution in [3.8, 4) is 5.88 Å². The first-order chi connectivity index (χ1) is 7.55. The molecule has 0 aromatic carbocycles. The van der Waals surface area contributed by atoms with Crippen LogP contribution in [0.3, 0.4) is 0 Å². The molecule has 2 heterocycles. The van der Waals surface area contributed by atoms with E-state index in [-0.39, 0.29) is 5.54 Å². The number of aromatic nitrogens is 2. The molecule has 0 saturated carbocycles. The van der Waals surface area contributed by atoms with Gasteiger partial charge in [-0.3, -0.25) is 0 Å². The summed E-state index contributed by atoms with van der Waals surface area (Å²) >= 11 is 0. The Morgan fingerprint density at radius 3 is 2.75 bits per heavy atom. The Bertz CT molecular complexity index is 374. The summed E-state index contributed by atoms with van der Waals surface area (Å²) in [7, 11) is 1.60. The van der Waals surface area contributed by atoms with Crippen molar-refractivity contribution >= 4 is 5.95 Å². The van der Waals surface area contributed by atoms with Gasteiger partial charge in [-0.1, -0.05) is 13.8 Å². The van der Waals surface area contributed by atoms with Crippen molar-refractivity contribution in [1.82, 2.24) is 9.97 Å². The van der Waals surface area contributed by atoms with Crippen LogP contribution in [0.25, 0.3) is 0 Å². The van der Waals surface area contributed by atoms with Gasteiger partial charge in [-0.05, 0) is 5.92 Å². The summed E-state index contributed by atoms with van der Waals surface area (Å²) in [6.07, 6.45) is 1.70. The van der Waals surface area contributed by atoms with Gasteiger partial charge in [-0.25, -0.2) is 4.98 Å². The van der Waals surface area contributed by atoms with Gasteiger partial charge in [0.2, 0.25) is 11.8 Å². The van der Waals surface area contributed by atoms with Crippen molar-refractivity contribution in [2.75, 3.05) is 25.1 Å². The summed E-state index contributed by atoms with van der Waals surface area (Å²) in [4.78, 5) is 10.6. The summed E-state index contributed by atoms with van der Waals surface area (Å²) < 4.78 is 5.06. The monoisotopic (exact) mass is 222 g/mol. The minimum Gasteiger partial charge on any atom is -0.481 e. The molecule has 88 valence electrons. The largest absolute Gasteiger partial charge is 0.481 e. The zero-order chi connectivity index (χ0) is 11.8. The SMILES string of the molecule is COc1ccnc(N2CC(N)(C(C)C)C2)n1. The van der Waals surface area contributed by atoms with E-state index in [1.165, 1.54) is 0 Å². The second-order valence-electron chi connectivity index (χ2n) is 4.64. The summed E-state index contributed by atoms with van der Waals surface area (Å²) in [5, 5.41) is 0. The second-order valence-corrected chi connectivity index (χ2v) is 4.64. The number of hydrogen-bond acceptors (Lipinski definition) is 5. The van der Waals surface area contributed by atoms with Crippen LogP contribution in [0.5, 0.6) is 5.88 Å². The number of ether oxygens (including phenoxy) is 1. The number of nitrogens with zero attached hydrogens (tertiary/aromatic N) is 3. The van der Waals surface area contributed by atoms with E-state index in [2.05, 4.69) is 28.7 Å². The Balaban J connectivity index is 2.06. The van der Waals surface area contributed by atoms with E-state index in [4.69, 9.17) is 10.5 Å². The molecule has 0 atom stereocenters. The number of rotatable bonds is 3. The van der Waals surface area contributed by atoms with Crippen molar-refractivity contribution in [1.29, 1.82) is 0 Å². The van der Waals surface area contributed by atoms with E-state index in [1.807, 2.05) is 0 Å². The van der Waals surface area contributed by atoms with Crippen molar-refractivity contribution in [2.24, 2.45) is 11.7 Å². The van der Waals surface area contributed by atoms with E-state index in [1.54, 1.807) is 19.4 Å². The minimum atomic E-state index is -0.105. The molecule has 5 heteroatoms. The van der Waals surface area contributed by atoms with Crippen molar-refractivity contribution in [2.45, 2.75) is 19.4 Å². The van der Waals surface area contributed by atoms with Crippen LogP contribution in [0.4, 0.5) is 5.95 Å².